The van der Waals surface area contributed by atoms with Gasteiger partial charge in [-0.25, -0.2) is 4.98 Å². The first kappa shape index (κ1) is 12.2. The fourth-order valence-corrected chi connectivity index (χ4v) is 1.63. The number of aryl methyl sites for hydroxylation is 1. The molecule has 5 heteroatoms. The lowest BCUT2D eigenvalue weighted by Crippen LogP contribution is -2.05. The Kier molecular flexibility index (Phi) is 3.62. The highest BCUT2D eigenvalue weighted by atomic mass is 16.5. The number of rotatable bonds is 5. The number of nitrogens with zero attached hydrogens (tertiary/aromatic N) is 2. The van der Waals surface area contributed by atoms with Gasteiger partial charge < -0.3 is 14.4 Å². The van der Waals surface area contributed by atoms with Crippen LogP contribution in [0.2, 0.25) is 0 Å². The van der Waals surface area contributed by atoms with Gasteiger partial charge in [-0.3, -0.25) is 4.79 Å². The summed E-state index contributed by atoms with van der Waals surface area (Å²) in [7, 11) is 1.88. The first-order chi connectivity index (χ1) is 8.66. The number of para-hydroxylation sites is 1. The van der Waals surface area contributed by atoms with E-state index >= 15 is 0 Å². The molecule has 1 aromatic heterocycles. The van der Waals surface area contributed by atoms with Gasteiger partial charge in [0.25, 0.3) is 0 Å². The molecule has 0 bridgehead atoms. The van der Waals surface area contributed by atoms with Crippen molar-refractivity contribution in [2.75, 3.05) is 0 Å². The summed E-state index contributed by atoms with van der Waals surface area (Å²) in [6, 6.07) is 7.15. The van der Waals surface area contributed by atoms with Crippen LogP contribution in [-0.2, 0) is 24.9 Å². The molecule has 0 amide bonds. The average Bonchev–Trinajstić information content (AvgIpc) is 2.73. The number of aliphatic carboxylic acids is 1. The lowest BCUT2D eigenvalue weighted by molar-refractivity contribution is -0.136. The lowest BCUT2D eigenvalue weighted by atomic mass is 10.1. The molecule has 2 aromatic rings. The molecule has 0 spiro atoms. The smallest absolute Gasteiger partial charge is 0.307 e. The Morgan fingerprint density at radius 1 is 1.44 bits per heavy atom. The summed E-state index contributed by atoms with van der Waals surface area (Å²) in [5, 5.41) is 8.82. The van der Waals surface area contributed by atoms with Gasteiger partial charge in [-0.15, -0.1) is 0 Å². The van der Waals surface area contributed by atoms with Crippen molar-refractivity contribution in [1.82, 2.24) is 9.55 Å². The highest BCUT2D eigenvalue weighted by molar-refractivity contribution is 5.71. The molecule has 18 heavy (non-hydrogen) atoms. The van der Waals surface area contributed by atoms with Crippen LogP contribution in [0.25, 0.3) is 0 Å². The van der Waals surface area contributed by atoms with Crippen LogP contribution in [0.3, 0.4) is 0 Å². The van der Waals surface area contributed by atoms with Gasteiger partial charge >= 0.3 is 5.97 Å². The number of carbonyl (C=O) groups is 1. The number of ether oxygens (including phenoxy) is 1. The predicted octanol–water partition coefficient (Wildman–Crippen LogP) is 1.63. The van der Waals surface area contributed by atoms with Crippen LogP contribution in [0.4, 0.5) is 0 Å². The Hall–Kier alpha value is -2.30. The van der Waals surface area contributed by atoms with Crippen molar-refractivity contribution in [1.29, 1.82) is 0 Å². The fourth-order valence-electron chi connectivity index (χ4n) is 1.63. The Morgan fingerprint density at radius 3 is 2.89 bits per heavy atom. The zero-order valence-corrected chi connectivity index (χ0v) is 10.0. The number of imidazole rings is 1. The molecule has 0 saturated heterocycles. The Bertz CT molecular complexity index is 549. The quantitative estimate of drug-likeness (QED) is 0.870. The number of aromatic nitrogens is 2. The zero-order chi connectivity index (χ0) is 13.0. The molecular formula is C13H14N2O3. The van der Waals surface area contributed by atoms with Crippen LogP contribution in [0.5, 0.6) is 5.75 Å². The number of hydrogen-bond acceptors (Lipinski definition) is 3. The minimum absolute atomic E-state index is 0.0401. The van der Waals surface area contributed by atoms with E-state index in [1.54, 1.807) is 30.7 Å². The van der Waals surface area contributed by atoms with E-state index in [-0.39, 0.29) is 6.42 Å². The Balaban J connectivity index is 2.09. The highest BCUT2D eigenvalue weighted by Crippen LogP contribution is 2.19. The molecule has 0 unspecified atom stereocenters. The summed E-state index contributed by atoms with van der Waals surface area (Å²) in [5.41, 5.74) is 1.60. The average molecular weight is 246 g/mol. The van der Waals surface area contributed by atoms with Gasteiger partial charge in [-0.1, -0.05) is 18.2 Å². The van der Waals surface area contributed by atoms with Gasteiger partial charge in [0.15, 0.2) is 0 Å². The summed E-state index contributed by atoms with van der Waals surface area (Å²) in [6.07, 6.45) is 3.38. The lowest BCUT2D eigenvalue weighted by Gasteiger charge is -2.10. The van der Waals surface area contributed by atoms with Crippen LogP contribution in [-0.4, -0.2) is 20.6 Å². The molecule has 0 fully saturated rings. The number of hydrogen-bond donors (Lipinski definition) is 1. The van der Waals surface area contributed by atoms with E-state index in [4.69, 9.17) is 9.84 Å². The predicted molar refractivity (Wildman–Crippen MR) is 65.3 cm³/mol. The number of benzene rings is 1. The van der Waals surface area contributed by atoms with Gasteiger partial charge in [-0.05, 0) is 6.07 Å². The van der Waals surface area contributed by atoms with Crippen molar-refractivity contribution in [3.05, 3.63) is 48.0 Å². The maximum absolute atomic E-state index is 10.7. The van der Waals surface area contributed by atoms with E-state index in [9.17, 15) is 4.79 Å². The molecule has 1 heterocycles. The highest BCUT2D eigenvalue weighted by Gasteiger charge is 2.08. The normalized spacial score (nSPS) is 10.3. The summed E-state index contributed by atoms with van der Waals surface area (Å²) in [5.74, 6) is -0.271. The summed E-state index contributed by atoms with van der Waals surface area (Å²) >= 11 is 0. The molecule has 94 valence electrons. The zero-order valence-electron chi connectivity index (χ0n) is 10.0. The van der Waals surface area contributed by atoms with Crippen LogP contribution in [0, 0.1) is 0 Å². The minimum atomic E-state index is -0.869. The van der Waals surface area contributed by atoms with Crippen molar-refractivity contribution in [3.63, 3.8) is 0 Å². The second-order valence-electron chi connectivity index (χ2n) is 3.96. The van der Waals surface area contributed by atoms with Gasteiger partial charge in [0, 0.05) is 12.6 Å². The van der Waals surface area contributed by atoms with Gasteiger partial charge in [0.2, 0.25) is 0 Å². The fraction of sp³-hybridized carbons (Fsp3) is 0.231. The molecule has 0 aliphatic heterocycles. The van der Waals surface area contributed by atoms with Gasteiger partial charge in [0.05, 0.1) is 24.6 Å². The standard InChI is InChI=1S/C13H14N2O3/c1-15-9-14-7-11(15)8-18-12-5-3-2-4-10(12)6-13(16)17/h2-5,7,9H,6,8H2,1H3,(H,16,17). The molecular weight excluding hydrogens is 232 g/mol. The summed E-state index contributed by atoms with van der Waals surface area (Å²) < 4.78 is 7.50. The van der Waals surface area contributed by atoms with Gasteiger partial charge in [0.1, 0.15) is 12.4 Å². The number of carboxylic acid groups (broad SMARTS) is 1. The monoisotopic (exact) mass is 246 g/mol. The third-order valence-electron chi connectivity index (χ3n) is 2.61. The molecule has 0 aliphatic rings. The molecule has 1 aromatic carbocycles. The molecule has 5 nitrogen and oxygen atoms in total. The van der Waals surface area contributed by atoms with E-state index in [1.807, 2.05) is 17.7 Å². The molecule has 0 radical (unpaired) electrons. The van der Waals surface area contributed by atoms with Crippen molar-refractivity contribution in [2.24, 2.45) is 7.05 Å². The van der Waals surface area contributed by atoms with Crippen LogP contribution in [0.1, 0.15) is 11.3 Å². The molecule has 0 atom stereocenters. The first-order valence-electron chi connectivity index (χ1n) is 5.54. The van der Waals surface area contributed by atoms with Crippen molar-refractivity contribution >= 4 is 5.97 Å². The summed E-state index contributed by atoms with van der Waals surface area (Å²) in [6.45, 7) is 0.368. The Morgan fingerprint density at radius 2 is 2.22 bits per heavy atom. The Labute approximate surface area is 105 Å². The SMILES string of the molecule is Cn1cncc1COc1ccccc1CC(=O)O. The second-order valence-corrected chi connectivity index (χ2v) is 3.96. The third kappa shape index (κ3) is 2.88. The summed E-state index contributed by atoms with van der Waals surface area (Å²) in [4.78, 5) is 14.7. The van der Waals surface area contributed by atoms with E-state index in [2.05, 4.69) is 4.98 Å². The van der Waals surface area contributed by atoms with Crippen molar-refractivity contribution in [3.8, 4) is 5.75 Å². The second kappa shape index (κ2) is 5.35. The minimum Gasteiger partial charge on any atom is -0.487 e. The largest absolute Gasteiger partial charge is 0.487 e. The van der Waals surface area contributed by atoms with Gasteiger partial charge in [-0.2, -0.15) is 0 Å². The first-order valence-corrected chi connectivity index (χ1v) is 5.54. The molecule has 0 saturated carbocycles. The third-order valence-corrected chi connectivity index (χ3v) is 2.61. The topological polar surface area (TPSA) is 64.4 Å². The maximum Gasteiger partial charge on any atom is 0.307 e. The molecule has 0 aliphatic carbocycles. The van der Waals surface area contributed by atoms with Crippen molar-refractivity contribution < 1.29 is 14.6 Å². The van der Waals surface area contributed by atoms with E-state index in [0.717, 1.165) is 5.69 Å². The molecule has 1 N–H and O–H groups in total. The van der Waals surface area contributed by atoms with Crippen molar-refractivity contribution in [2.45, 2.75) is 13.0 Å². The molecule has 2 rings (SSSR count). The van der Waals surface area contributed by atoms with Crippen LogP contribution >= 0.6 is 0 Å². The van der Waals surface area contributed by atoms with Crippen LogP contribution < -0.4 is 4.74 Å². The van der Waals surface area contributed by atoms with E-state index in [0.29, 0.717) is 17.9 Å². The van der Waals surface area contributed by atoms with Crippen LogP contribution in [0.15, 0.2) is 36.8 Å². The van der Waals surface area contributed by atoms with E-state index in [1.165, 1.54) is 0 Å². The maximum atomic E-state index is 10.7. The number of carboxylic acids is 1. The van der Waals surface area contributed by atoms with E-state index < -0.39 is 5.97 Å².